The lowest BCUT2D eigenvalue weighted by molar-refractivity contribution is 1.44. The Morgan fingerprint density at radius 2 is 2.11 bits per heavy atom. The van der Waals surface area contributed by atoms with Gasteiger partial charge in [-0.2, -0.15) is 0 Å². The van der Waals surface area contributed by atoms with Gasteiger partial charge in [0.15, 0.2) is 0 Å². The van der Waals surface area contributed by atoms with Crippen molar-refractivity contribution in [2.45, 2.75) is 6.92 Å². The molecular formula is C8H10N. The van der Waals surface area contributed by atoms with E-state index in [1.165, 1.54) is 0 Å². The summed E-state index contributed by atoms with van der Waals surface area (Å²) in [4.78, 5) is 0. The van der Waals surface area contributed by atoms with E-state index >= 15 is 0 Å². The summed E-state index contributed by atoms with van der Waals surface area (Å²) in [5, 5.41) is 0. The standard InChI is InChI=1S/C8H10N/c1-6-4-3-5-7(2)8(6)9/h3-5H,1,9H2,2H3. The molecule has 0 heterocycles. The van der Waals surface area contributed by atoms with Gasteiger partial charge in [-0.05, 0) is 25.0 Å². The van der Waals surface area contributed by atoms with E-state index in [0.29, 0.717) is 0 Å². The molecule has 0 atom stereocenters. The van der Waals surface area contributed by atoms with Crippen LogP contribution in [0.15, 0.2) is 18.2 Å². The number of anilines is 1. The number of rotatable bonds is 0. The number of para-hydroxylation sites is 1. The van der Waals surface area contributed by atoms with Gasteiger partial charge in [0.2, 0.25) is 0 Å². The Labute approximate surface area is 55.5 Å². The Balaban J connectivity index is 3.25. The maximum absolute atomic E-state index is 5.62. The van der Waals surface area contributed by atoms with Crippen molar-refractivity contribution in [3.8, 4) is 0 Å². The predicted octanol–water partition coefficient (Wildman–Crippen LogP) is 1.76. The lowest BCUT2D eigenvalue weighted by Crippen LogP contribution is -1.91. The van der Waals surface area contributed by atoms with Crippen molar-refractivity contribution < 1.29 is 0 Å². The molecule has 47 valence electrons. The van der Waals surface area contributed by atoms with Crippen LogP contribution < -0.4 is 5.73 Å². The summed E-state index contributed by atoms with van der Waals surface area (Å²) in [7, 11) is 0. The van der Waals surface area contributed by atoms with E-state index in [2.05, 4.69) is 6.92 Å². The first-order valence-corrected chi connectivity index (χ1v) is 2.89. The van der Waals surface area contributed by atoms with Crippen molar-refractivity contribution >= 4 is 5.69 Å². The third-order valence-electron chi connectivity index (χ3n) is 1.41. The highest BCUT2D eigenvalue weighted by Crippen LogP contribution is 2.13. The minimum Gasteiger partial charge on any atom is -0.398 e. The zero-order valence-corrected chi connectivity index (χ0v) is 5.52. The molecule has 0 aliphatic carbocycles. The Bertz CT molecular complexity index is 196. The second-order valence-corrected chi connectivity index (χ2v) is 2.15. The number of hydrogen-bond donors (Lipinski definition) is 1. The summed E-state index contributed by atoms with van der Waals surface area (Å²) in [5.74, 6) is 0. The summed E-state index contributed by atoms with van der Waals surface area (Å²) < 4.78 is 0. The molecule has 0 fully saturated rings. The predicted molar refractivity (Wildman–Crippen MR) is 40.1 cm³/mol. The highest BCUT2D eigenvalue weighted by Gasteiger charge is 1.92. The minimum absolute atomic E-state index is 0.803. The first-order chi connectivity index (χ1) is 4.22. The number of aryl methyl sites for hydroxylation is 1. The Morgan fingerprint density at radius 1 is 1.44 bits per heavy atom. The molecule has 9 heavy (non-hydrogen) atoms. The molecule has 1 aromatic rings. The maximum Gasteiger partial charge on any atom is 0.0376 e. The SMILES string of the molecule is [CH2]c1cccc(C)c1N. The van der Waals surface area contributed by atoms with Crippen LogP contribution in [0.1, 0.15) is 11.1 Å². The van der Waals surface area contributed by atoms with Crippen LogP contribution in [0.2, 0.25) is 0 Å². The summed E-state index contributed by atoms with van der Waals surface area (Å²) in [6.45, 7) is 5.73. The maximum atomic E-state index is 5.62. The molecule has 0 aliphatic rings. The molecule has 1 heteroatoms. The van der Waals surface area contributed by atoms with Gasteiger partial charge in [-0.3, -0.25) is 0 Å². The zero-order chi connectivity index (χ0) is 6.85. The number of benzene rings is 1. The van der Waals surface area contributed by atoms with E-state index in [1.54, 1.807) is 0 Å². The van der Waals surface area contributed by atoms with Gasteiger partial charge >= 0.3 is 0 Å². The second kappa shape index (κ2) is 2.09. The van der Waals surface area contributed by atoms with E-state index in [0.717, 1.165) is 16.8 Å². The molecule has 0 saturated carbocycles. The van der Waals surface area contributed by atoms with Crippen molar-refractivity contribution in [2.24, 2.45) is 0 Å². The largest absolute Gasteiger partial charge is 0.398 e. The van der Waals surface area contributed by atoms with Gasteiger partial charge in [0, 0.05) is 5.69 Å². The smallest absolute Gasteiger partial charge is 0.0376 e. The lowest BCUT2D eigenvalue weighted by atomic mass is 10.1. The normalized spacial score (nSPS) is 9.56. The highest BCUT2D eigenvalue weighted by atomic mass is 14.6. The van der Waals surface area contributed by atoms with Crippen molar-refractivity contribution in [3.63, 3.8) is 0 Å². The molecule has 1 radical (unpaired) electrons. The fraction of sp³-hybridized carbons (Fsp3) is 0.125. The topological polar surface area (TPSA) is 26.0 Å². The van der Waals surface area contributed by atoms with Crippen molar-refractivity contribution in [2.75, 3.05) is 5.73 Å². The second-order valence-electron chi connectivity index (χ2n) is 2.15. The third kappa shape index (κ3) is 1.04. The van der Waals surface area contributed by atoms with Crippen LogP contribution in [0, 0.1) is 13.8 Å². The van der Waals surface area contributed by atoms with Crippen molar-refractivity contribution in [1.82, 2.24) is 0 Å². The lowest BCUT2D eigenvalue weighted by Gasteiger charge is -2.00. The van der Waals surface area contributed by atoms with Crippen molar-refractivity contribution in [1.29, 1.82) is 0 Å². The first-order valence-electron chi connectivity index (χ1n) is 2.89. The molecule has 0 spiro atoms. The van der Waals surface area contributed by atoms with E-state index in [9.17, 15) is 0 Å². The monoisotopic (exact) mass is 120 g/mol. The summed E-state index contributed by atoms with van der Waals surface area (Å²) in [6, 6.07) is 5.83. The van der Waals surface area contributed by atoms with Gasteiger partial charge in [0.1, 0.15) is 0 Å². The molecule has 2 N–H and O–H groups in total. The van der Waals surface area contributed by atoms with E-state index in [4.69, 9.17) is 5.73 Å². The van der Waals surface area contributed by atoms with Crippen LogP contribution in [-0.4, -0.2) is 0 Å². The summed E-state index contributed by atoms with van der Waals surface area (Å²) >= 11 is 0. The Kier molecular flexibility index (Phi) is 1.43. The molecule has 0 amide bonds. The molecule has 0 unspecified atom stereocenters. The first kappa shape index (κ1) is 6.14. The fourth-order valence-electron chi connectivity index (χ4n) is 0.741. The minimum atomic E-state index is 0.803. The fourth-order valence-corrected chi connectivity index (χ4v) is 0.741. The molecule has 0 aliphatic heterocycles. The molecule has 1 aromatic carbocycles. The van der Waals surface area contributed by atoms with Gasteiger partial charge in [0.25, 0.3) is 0 Å². The van der Waals surface area contributed by atoms with Crippen LogP contribution in [0.25, 0.3) is 0 Å². The third-order valence-corrected chi connectivity index (χ3v) is 1.41. The summed E-state index contributed by atoms with van der Waals surface area (Å²) in [6.07, 6.45) is 0. The van der Waals surface area contributed by atoms with Gasteiger partial charge in [-0.1, -0.05) is 18.2 Å². The molecule has 0 bridgehead atoms. The summed E-state index contributed by atoms with van der Waals surface area (Å²) in [5.41, 5.74) is 8.43. The van der Waals surface area contributed by atoms with Crippen molar-refractivity contribution in [3.05, 3.63) is 36.2 Å². The van der Waals surface area contributed by atoms with Crippen LogP contribution in [0.3, 0.4) is 0 Å². The zero-order valence-electron chi connectivity index (χ0n) is 5.52. The van der Waals surface area contributed by atoms with E-state index in [1.807, 2.05) is 25.1 Å². The highest BCUT2D eigenvalue weighted by molar-refractivity contribution is 5.54. The number of nitrogens with two attached hydrogens (primary N) is 1. The van der Waals surface area contributed by atoms with E-state index < -0.39 is 0 Å². The molecular weight excluding hydrogens is 110 g/mol. The van der Waals surface area contributed by atoms with Crippen LogP contribution in [-0.2, 0) is 0 Å². The number of nitrogen functional groups attached to an aromatic ring is 1. The Morgan fingerprint density at radius 3 is 2.56 bits per heavy atom. The van der Waals surface area contributed by atoms with Crippen LogP contribution >= 0.6 is 0 Å². The molecule has 0 saturated heterocycles. The number of hydrogen-bond acceptors (Lipinski definition) is 1. The van der Waals surface area contributed by atoms with Gasteiger partial charge in [-0.15, -0.1) is 0 Å². The molecule has 1 nitrogen and oxygen atoms in total. The average molecular weight is 120 g/mol. The Hall–Kier alpha value is -0.980. The quantitative estimate of drug-likeness (QED) is 0.519. The van der Waals surface area contributed by atoms with Gasteiger partial charge < -0.3 is 5.73 Å². The van der Waals surface area contributed by atoms with E-state index in [-0.39, 0.29) is 0 Å². The molecule has 0 aromatic heterocycles. The van der Waals surface area contributed by atoms with Gasteiger partial charge in [-0.25, -0.2) is 0 Å². The average Bonchev–Trinajstić information content (AvgIpc) is 1.83. The van der Waals surface area contributed by atoms with Crippen LogP contribution in [0.5, 0.6) is 0 Å². The van der Waals surface area contributed by atoms with Gasteiger partial charge in [0.05, 0.1) is 0 Å². The molecule has 1 rings (SSSR count). The van der Waals surface area contributed by atoms with Crippen LogP contribution in [0.4, 0.5) is 5.69 Å².